The summed E-state index contributed by atoms with van der Waals surface area (Å²) in [4.78, 5) is 24.4. The highest BCUT2D eigenvalue weighted by molar-refractivity contribution is 8.24. The first kappa shape index (κ1) is 10.6. The molecule has 0 rings (SSSR count). The lowest BCUT2D eigenvalue weighted by Crippen LogP contribution is -1.89. The van der Waals surface area contributed by atoms with Gasteiger partial charge in [-0.15, -0.1) is 0 Å². The Bertz CT molecular complexity index is 168. The van der Waals surface area contributed by atoms with Crippen molar-refractivity contribution < 1.29 is 32.0 Å². The molecule has 7 nitrogen and oxygen atoms in total. The van der Waals surface area contributed by atoms with Crippen LogP contribution in [0, 0.1) is 0 Å². The van der Waals surface area contributed by atoms with E-state index >= 15 is 0 Å². The predicted octanol–water partition coefficient (Wildman–Crippen LogP) is -0.463. The lowest BCUT2D eigenvalue weighted by atomic mass is 15.8. The zero-order valence-electron chi connectivity index (χ0n) is 4.32. The van der Waals surface area contributed by atoms with Gasteiger partial charge in [0, 0.05) is 0 Å². The molecule has 0 spiro atoms. The minimum Gasteiger partial charge on any atom is -0.340 e. The van der Waals surface area contributed by atoms with Gasteiger partial charge in [0.15, 0.2) is 0 Å². The molecule has 0 radical (unpaired) electrons. The number of rotatable bonds is 3. The second-order valence-corrected chi connectivity index (χ2v) is 6.21. The standard InChI is InChI=1S/H4O7P2S/c1-8(7-10(5)6)9(2,3)4/h1H,(H,5,6)(H2,2,3,4). The SMILES string of the molecule is O=S(O)OP(O)P(=O)(O)O. The van der Waals surface area contributed by atoms with Crippen LogP contribution in [0.5, 0.6) is 0 Å². The van der Waals surface area contributed by atoms with Gasteiger partial charge in [-0.25, -0.2) is 3.97 Å². The van der Waals surface area contributed by atoms with E-state index in [-0.39, 0.29) is 0 Å². The van der Waals surface area contributed by atoms with Crippen molar-refractivity contribution in [3.63, 3.8) is 0 Å². The molecule has 0 aromatic carbocycles. The maximum absolute atomic E-state index is 9.97. The zero-order chi connectivity index (χ0) is 8.36. The molecule has 10 heavy (non-hydrogen) atoms. The summed E-state index contributed by atoms with van der Waals surface area (Å²) in [6, 6.07) is 0. The van der Waals surface area contributed by atoms with Crippen molar-refractivity contribution >= 4 is 26.7 Å². The van der Waals surface area contributed by atoms with E-state index in [2.05, 4.69) is 3.97 Å². The third-order valence-corrected chi connectivity index (χ3v) is 3.78. The van der Waals surface area contributed by atoms with Crippen LogP contribution in [-0.2, 0) is 19.9 Å². The minimum atomic E-state index is -4.77. The molecule has 2 atom stereocenters. The fraction of sp³-hybridized carbons (Fsp3) is 0. The molecule has 0 bridgehead atoms. The average Bonchev–Trinajstić information content (AvgIpc) is 1.60. The van der Waals surface area contributed by atoms with Gasteiger partial charge in [-0.05, 0) is 0 Å². The van der Waals surface area contributed by atoms with E-state index in [4.69, 9.17) is 19.2 Å². The topological polar surface area (TPSA) is 124 Å². The second-order valence-electron chi connectivity index (χ2n) is 1.06. The van der Waals surface area contributed by atoms with E-state index in [0.717, 1.165) is 0 Å². The van der Waals surface area contributed by atoms with Crippen molar-refractivity contribution in [2.75, 3.05) is 0 Å². The molecule has 0 saturated heterocycles. The normalized spacial score (nSPS) is 18.4. The van der Waals surface area contributed by atoms with Crippen LogP contribution in [0.15, 0.2) is 0 Å². The predicted molar refractivity (Wildman–Crippen MR) is 33.0 cm³/mol. The number of hydrogen-bond donors (Lipinski definition) is 4. The summed E-state index contributed by atoms with van der Waals surface area (Å²) in [5.41, 5.74) is 0. The maximum Gasteiger partial charge on any atom is 0.401 e. The Balaban J connectivity index is 3.98. The van der Waals surface area contributed by atoms with Crippen LogP contribution in [0.3, 0.4) is 0 Å². The summed E-state index contributed by atoms with van der Waals surface area (Å²) in [5.74, 6) is 0. The molecule has 0 heterocycles. The first-order valence-electron chi connectivity index (χ1n) is 1.68. The Labute approximate surface area is 59.5 Å². The highest BCUT2D eigenvalue weighted by Gasteiger charge is 2.31. The van der Waals surface area contributed by atoms with E-state index in [1.807, 2.05) is 0 Å². The Hall–Kier alpha value is 0.610. The molecule has 62 valence electrons. The van der Waals surface area contributed by atoms with Gasteiger partial charge >= 0.3 is 26.7 Å². The van der Waals surface area contributed by atoms with E-state index in [1.165, 1.54) is 0 Å². The fourth-order valence-corrected chi connectivity index (χ4v) is 2.20. The van der Waals surface area contributed by atoms with Crippen LogP contribution in [0.4, 0.5) is 0 Å². The van der Waals surface area contributed by atoms with Crippen molar-refractivity contribution in [2.45, 2.75) is 0 Å². The van der Waals surface area contributed by atoms with Crippen molar-refractivity contribution in [2.24, 2.45) is 0 Å². The number of hydrogen-bond acceptors (Lipinski definition) is 4. The Morgan fingerprint density at radius 3 is 2.00 bits per heavy atom. The molecule has 0 amide bonds. The fourth-order valence-electron chi connectivity index (χ4n) is 0.100. The van der Waals surface area contributed by atoms with Crippen molar-refractivity contribution in [1.82, 2.24) is 0 Å². The average molecular weight is 210 g/mol. The molecular weight excluding hydrogens is 206 g/mol. The highest BCUT2D eigenvalue weighted by atomic mass is 32.2. The molecule has 0 aliphatic rings. The van der Waals surface area contributed by atoms with Gasteiger partial charge in [0.2, 0.25) is 0 Å². The van der Waals surface area contributed by atoms with E-state index < -0.39 is 26.7 Å². The van der Waals surface area contributed by atoms with E-state index in [9.17, 15) is 8.77 Å². The minimum absolute atomic E-state index is 2.86. The van der Waals surface area contributed by atoms with Crippen LogP contribution in [0.1, 0.15) is 0 Å². The van der Waals surface area contributed by atoms with Gasteiger partial charge in [0.1, 0.15) is 0 Å². The van der Waals surface area contributed by atoms with E-state index in [1.54, 1.807) is 0 Å². The molecule has 0 aromatic heterocycles. The lowest BCUT2D eigenvalue weighted by molar-refractivity contribution is 0.374. The maximum atomic E-state index is 9.97. The summed E-state index contributed by atoms with van der Waals surface area (Å²) >= 11 is -2.86. The zero-order valence-corrected chi connectivity index (χ0v) is 6.92. The summed E-state index contributed by atoms with van der Waals surface area (Å²) in [6.07, 6.45) is 0. The smallest absolute Gasteiger partial charge is 0.340 e. The Kier molecular flexibility index (Phi) is 4.08. The molecular formula is H4O7P2S. The van der Waals surface area contributed by atoms with Crippen molar-refractivity contribution in [3.8, 4) is 0 Å². The molecule has 4 N–H and O–H groups in total. The largest absolute Gasteiger partial charge is 0.401 e. The molecule has 2 unspecified atom stereocenters. The summed E-state index contributed by atoms with van der Waals surface area (Å²) in [5, 5.41) is 0. The van der Waals surface area contributed by atoms with Crippen LogP contribution in [0.25, 0.3) is 0 Å². The molecule has 0 fully saturated rings. The van der Waals surface area contributed by atoms with Gasteiger partial charge in [0.05, 0.1) is 0 Å². The van der Waals surface area contributed by atoms with Gasteiger partial charge < -0.3 is 14.7 Å². The van der Waals surface area contributed by atoms with Crippen LogP contribution < -0.4 is 0 Å². The van der Waals surface area contributed by atoms with Crippen LogP contribution >= 0.6 is 15.3 Å². The molecule has 0 saturated carbocycles. The first-order valence-corrected chi connectivity index (χ1v) is 6.24. The quantitative estimate of drug-likeness (QED) is 0.366. The highest BCUT2D eigenvalue weighted by Crippen LogP contribution is 2.68. The summed E-state index contributed by atoms with van der Waals surface area (Å²) in [7, 11) is -7.91. The summed E-state index contributed by atoms with van der Waals surface area (Å²) < 4.78 is 31.0. The van der Waals surface area contributed by atoms with Crippen molar-refractivity contribution in [1.29, 1.82) is 0 Å². The van der Waals surface area contributed by atoms with Gasteiger partial charge in [-0.3, -0.25) is 9.12 Å². The molecule has 0 aliphatic heterocycles. The van der Waals surface area contributed by atoms with Crippen LogP contribution in [0.2, 0.25) is 0 Å². The second kappa shape index (κ2) is 3.85. The summed E-state index contributed by atoms with van der Waals surface area (Å²) in [6.45, 7) is 0. The van der Waals surface area contributed by atoms with Gasteiger partial charge in [-0.2, -0.15) is 4.21 Å². The molecule has 0 aliphatic carbocycles. The lowest BCUT2D eigenvalue weighted by Gasteiger charge is -2.06. The van der Waals surface area contributed by atoms with E-state index in [0.29, 0.717) is 0 Å². The third kappa shape index (κ3) is 4.43. The van der Waals surface area contributed by atoms with Gasteiger partial charge in [0.25, 0.3) is 0 Å². The first-order chi connectivity index (χ1) is 4.34. The third-order valence-electron chi connectivity index (χ3n) is 0.353. The molecule has 0 aromatic rings. The van der Waals surface area contributed by atoms with Gasteiger partial charge in [-0.1, -0.05) is 0 Å². The molecule has 10 heteroatoms. The Morgan fingerprint density at radius 2 is 1.90 bits per heavy atom. The van der Waals surface area contributed by atoms with Crippen LogP contribution in [-0.4, -0.2) is 23.4 Å². The monoisotopic (exact) mass is 210 g/mol. The Morgan fingerprint density at radius 1 is 1.50 bits per heavy atom. The van der Waals surface area contributed by atoms with Crippen molar-refractivity contribution in [3.05, 3.63) is 0 Å².